The van der Waals surface area contributed by atoms with Gasteiger partial charge in [0.1, 0.15) is 0 Å². The predicted molar refractivity (Wildman–Crippen MR) is 142 cm³/mol. The molecule has 0 radical (unpaired) electrons. The average molecular weight is 568 g/mol. The van der Waals surface area contributed by atoms with E-state index in [-0.39, 0.29) is 6.79 Å². The lowest BCUT2D eigenvalue weighted by Crippen LogP contribution is -2.33. The van der Waals surface area contributed by atoms with Gasteiger partial charge < -0.3 is 19.8 Å². The van der Waals surface area contributed by atoms with Crippen LogP contribution in [0.15, 0.2) is 63.3 Å². The van der Waals surface area contributed by atoms with E-state index in [1.165, 1.54) is 30.2 Å². The summed E-state index contributed by atoms with van der Waals surface area (Å²) in [7, 11) is 0. The average Bonchev–Trinajstić information content (AvgIpc) is 3.53. The molecule has 2 N–H and O–H groups in total. The van der Waals surface area contributed by atoms with Crippen LogP contribution in [0.25, 0.3) is 11.5 Å². The van der Waals surface area contributed by atoms with Crippen molar-refractivity contribution in [3.05, 3.63) is 58.8 Å². The van der Waals surface area contributed by atoms with Gasteiger partial charge in [0.05, 0.1) is 6.33 Å². The second-order valence-electron chi connectivity index (χ2n) is 9.23. The number of imidazole rings is 1. The molecule has 186 valence electrons. The molecular weight excluding hydrogens is 540 g/mol. The molecule has 0 unspecified atom stereocenters. The Morgan fingerprint density at radius 1 is 1.06 bits per heavy atom. The quantitative estimate of drug-likeness (QED) is 0.322. The van der Waals surface area contributed by atoms with Gasteiger partial charge in [-0.2, -0.15) is 0 Å². The number of hydrogen-bond donors (Lipinski definition) is 1. The second-order valence-corrected chi connectivity index (χ2v) is 11.1. The Hall–Kier alpha value is -2.82. The minimum Gasteiger partial charge on any atom is -0.454 e. The van der Waals surface area contributed by atoms with Gasteiger partial charge in [0, 0.05) is 22.5 Å². The van der Waals surface area contributed by atoms with Crippen LogP contribution < -0.4 is 15.2 Å². The van der Waals surface area contributed by atoms with E-state index in [0.717, 1.165) is 59.3 Å². The van der Waals surface area contributed by atoms with Crippen LogP contribution in [0, 0.1) is 5.92 Å². The summed E-state index contributed by atoms with van der Waals surface area (Å²) >= 11 is 5.08. The van der Waals surface area contributed by atoms with Gasteiger partial charge in [-0.15, -0.1) is 0 Å². The van der Waals surface area contributed by atoms with E-state index in [0.29, 0.717) is 22.6 Å². The molecule has 4 aliphatic heterocycles. The van der Waals surface area contributed by atoms with Crippen LogP contribution in [-0.4, -0.2) is 44.3 Å². The lowest BCUT2D eigenvalue weighted by Gasteiger charge is -2.32. The van der Waals surface area contributed by atoms with Crippen molar-refractivity contribution in [3.8, 4) is 23.0 Å². The van der Waals surface area contributed by atoms with Crippen molar-refractivity contribution in [2.24, 2.45) is 5.92 Å². The first-order valence-electron chi connectivity index (χ1n) is 12.1. The third-order valence-corrected chi connectivity index (χ3v) is 8.68. The maximum atomic E-state index is 6.17. The topological polar surface area (TPSA) is 91.3 Å². The minimum atomic E-state index is 0.237. The van der Waals surface area contributed by atoms with Crippen molar-refractivity contribution < 1.29 is 9.47 Å². The summed E-state index contributed by atoms with van der Waals surface area (Å²) < 4.78 is 14.0. The molecule has 0 saturated carbocycles. The van der Waals surface area contributed by atoms with Gasteiger partial charge in [0.2, 0.25) is 6.79 Å². The zero-order valence-electron chi connectivity index (χ0n) is 19.8. The number of ether oxygens (including phenoxy) is 2. The van der Waals surface area contributed by atoms with Crippen LogP contribution in [0.4, 0.5) is 5.82 Å². The molecule has 1 fully saturated rings. The lowest BCUT2D eigenvalue weighted by atomic mass is 9.93. The Bertz CT molecular complexity index is 1330. The number of likely N-dealkylation sites (tertiary alicyclic amines) is 1. The van der Waals surface area contributed by atoms with E-state index in [2.05, 4.69) is 60.7 Å². The fourth-order valence-corrected chi connectivity index (χ4v) is 6.17. The number of aryl methyl sites for hydroxylation is 1. The van der Waals surface area contributed by atoms with E-state index < -0.39 is 0 Å². The van der Waals surface area contributed by atoms with Crippen LogP contribution in [0.3, 0.4) is 0 Å². The number of hydrogen-bond acceptors (Lipinski definition) is 8. The number of nitrogens with two attached hydrogens (primary N) is 1. The molecule has 0 aliphatic carbocycles. The van der Waals surface area contributed by atoms with E-state index in [1.54, 1.807) is 6.33 Å². The van der Waals surface area contributed by atoms with Gasteiger partial charge in [-0.05, 0) is 83.7 Å². The number of piperidine rings is 1. The van der Waals surface area contributed by atoms with Crippen molar-refractivity contribution in [2.45, 2.75) is 42.4 Å². The maximum Gasteiger partial charge on any atom is 0.231 e. The number of anilines is 1. The number of rotatable bonds is 7. The molecule has 10 heteroatoms. The van der Waals surface area contributed by atoms with E-state index >= 15 is 0 Å². The SMILES string of the molecule is Nc1ncn(CCC2CCN(Cc3ccccc3)CC2)c2nc(Sc3cc4c(cc3Br)OCO4)nc1-2. The largest absolute Gasteiger partial charge is 0.454 e. The first kappa shape index (κ1) is 23.6. The third kappa shape index (κ3) is 5.02. The van der Waals surface area contributed by atoms with Gasteiger partial charge in [-0.3, -0.25) is 4.90 Å². The van der Waals surface area contributed by atoms with E-state index in [1.807, 2.05) is 12.1 Å². The lowest BCUT2D eigenvalue weighted by molar-refractivity contribution is 0.169. The molecule has 0 spiro atoms. The van der Waals surface area contributed by atoms with E-state index in [4.69, 9.17) is 25.2 Å². The summed E-state index contributed by atoms with van der Waals surface area (Å²) in [5.41, 5.74) is 8.20. The molecule has 1 saturated heterocycles. The molecule has 0 aromatic heterocycles. The van der Waals surface area contributed by atoms with Crippen molar-refractivity contribution in [2.75, 3.05) is 25.6 Å². The summed E-state index contributed by atoms with van der Waals surface area (Å²) in [5, 5.41) is 0.632. The Morgan fingerprint density at radius 3 is 2.64 bits per heavy atom. The Kier molecular flexibility index (Phi) is 6.73. The van der Waals surface area contributed by atoms with Crippen LogP contribution in [0.2, 0.25) is 0 Å². The monoisotopic (exact) mass is 566 g/mol. The van der Waals surface area contributed by atoms with Gasteiger partial charge in [-0.25, -0.2) is 15.0 Å². The Balaban J connectivity index is 1.11. The highest BCUT2D eigenvalue weighted by molar-refractivity contribution is 9.10. The molecule has 0 bridgehead atoms. The molecular formula is C26H27BrN6O2S. The van der Waals surface area contributed by atoms with E-state index in [9.17, 15) is 0 Å². The van der Waals surface area contributed by atoms with Crippen molar-refractivity contribution in [1.29, 1.82) is 0 Å². The third-order valence-electron chi connectivity index (χ3n) is 6.83. The number of benzene rings is 2. The van der Waals surface area contributed by atoms with Crippen LogP contribution in [0.1, 0.15) is 24.8 Å². The highest BCUT2D eigenvalue weighted by Crippen LogP contribution is 2.43. The zero-order valence-corrected chi connectivity index (χ0v) is 22.2. The molecule has 6 rings (SSSR count). The normalized spacial score (nSPS) is 16.1. The summed E-state index contributed by atoms with van der Waals surface area (Å²) in [6, 6.07) is 14.6. The molecule has 36 heavy (non-hydrogen) atoms. The van der Waals surface area contributed by atoms with Crippen molar-refractivity contribution in [3.63, 3.8) is 0 Å². The molecule has 4 aliphatic rings. The Morgan fingerprint density at radius 2 is 1.83 bits per heavy atom. The minimum absolute atomic E-state index is 0.237. The standard InChI is InChI=1S/C26H27BrN6O2S/c27-19-12-20-21(35-16-34-20)13-22(19)36-26-30-23-24(28)29-15-33(25(23)31-26)11-8-17-6-9-32(10-7-17)14-18-4-2-1-3-5-18/h1-5,12-13,15,17H,6-11,14,16,28H2. The molecule has 2 aromatic carbocycles. The summed E-state index contributed by atoms with van der Waals surface area (Å²) in [6.45, 7) is 4.40. The van der Waals surface area contributed by atoms with Crippen LogP contribution in [-0.2, 0) is 13.1 Å². The number of nitrogens with zero attached hydrogens (tertiary/aromatic N) is 5. The molecule has 0 amide bonds. The highest BCUT2D eigenvalue weighted by atomic mass is 79.9. The zero-order chi connectivity index (χ0) is 24.5. The number of fused-ring (bicyclic) bond motifs is 2. The number of nitrogen functional groups attached to an aromatic ring is 1. The highest BCUT2D eigenvalue weighted by Gasteiger charge is 2.24. The number of halogens is 1. The maximum absolute atomic E-state index is 6.17. The summed E-state index contributed by atoms with van der Waals surface area (Å²) in [6.07, 6.45) is 5.31. The van der Waals surface area contributed by atoms with Gasteiger partial charge >= 0.3 is 0 Å². The molecule has 0 atom stereocenters. The fraction of sp³-hybridized carbons (Fsp3) is 0.346. The first-order valence-corrected chi connectivity index (χ1v) is 13.7. The van der Waals surface area contributed by atoms with Gasteiger partial charge in [0.15, 0.2) is 34.0 Å². The number of aromatic nitrogens is 4. The van der Waals surface area contributed by atoms with Crippen LogP contribution in [0.5, 0.6) is 11.5 Å². The molecule has 2 aromatic rings. The predicted octanol–water partition coefficient (Wildman–Crippen LogP) is 5.30. The van der Waals surface area contributed by atoms with Gasteiger partial charge in [-0.1, -0.05) is 30.3 Å². The van der Waals surface area contributed by atoms with Crippen LogP contribution >= 0.6 is 27.7 Å². The summed E-state index contributed by atoms with van der Waals surface area (Å²) in [4.78, 5) is 17.4. The van der Waals surface area contributed by atoms with Crippen molar-refractivity contribution >= 4 is 33.5 Å². The first-order chi connectivity index (χ1) is 17.6. The summed E-state index contributed by atoms with van der Waals surface area (Å²) in [5.74, 6) is 3.33. The smallest absolute Gasteiger partial charge is 0.231 e. The second kappa shape index (κ2) is 10.3. The molecule has 4 heterocycles. The van der Waals surface area contributed by atoms with Crippen molar-refractivity contribution in [1.82, 2.24) is 24.4 Å². The molecule has 8 nitrogen and oxygen atoms in total. The van der Waals surface area contributed by atoms with Gasteiger partial charge in [0.25, 0.3) is 0 Å². The Labute approximate surface area is 222 Å². The fourth-order valence-electron chi connectivity index (χ4n) is 4.81.